The van der Waals surface area contributed by atoms with Crippen molar-refractivity contribution in [2.45, 2.75) is 38.5 Å². The fourth-order valence-corrected chi connectivity index (χ4v) is 3.85. The van der Waals surface area contributed by atoms with E-state index in [-0.39, 0.29) is 24.0 Å². The average molecular weight is 317 g/mol. The number of anilines is 1. The van der Waals surface area contributed by atoms with Gasteiger partial charge in [0.05, 0.1) is 24.5 Å². The Morgan fingerprint density at radius 3 is 2.96 bits per heavy atom. The van der Waals surface area contributed by atoms with Gasteiger partial charge < -0.3 is 14.6 Å². The Labute approximate surface area is 133 Å². The van der Waals surface area contributed by atoms with Gasteiger partial charge >= 0.3 is 0 Å². The predicted octanol–water partition coefficient (Wildman–Crippen LogP) is 0.794. The molecule has 2 saturated heterocycles. The molecule has 4 atom stereocenters. The zero-order valence-corrected chi connectivity index (χ0v) is 13.3. The van der Waals surface area contributed by atoms with Gasteiger partial charge in [0.15, 0.2) is 5.82 Å². The van der Waals surface area contributed by atoms with Gasteiger partial charge in [0, 0.05) is 12.1 Å². The number of nitrogens with zero attached hydrogens (tertiary/aromatic N) is 2. The lowest BCUT2D eigenvalue weighted by atomic mass is 9.76. The van der Waals surface area contributed by atoms with Crippen molar-refractivity contribution >= 4 is 17.6 Å². The highest BCUT2D eigenvalue weighted by Gasteiger charge is 2.67. The lowest BCUT2D eigenvalue weighted by molar-refractivity contribution is -0.132. The monoisotopic (exact) mass is 317 g/mol. The van der Waals surface area contributed by atoms with E-state index in [2.05, 4.69) is 10.5 Å². The second-order valence-corrected chi connectivity index (χ2v) is 6.78. The molecular weight excluding hydrogens is 298 g/mol. The van der Waals surface area contributed by atoms with Crippen molar-refractivity contribution in [3.8, 4) is 0 Å². The van der Waals surface area contributed by atoms with Crippen LogP contribution < -0.4 is 10.2 Å². The number of fused-ring (bicyclic) bond motifs is 1. The molecule has 1 aromatic heterocycles. The zero-order valence-electron chi connectivity index (χ0n) is 13.3. The summed E-state index contributed by atoms with van der Waals surface area (Å²) in [6.45, 7) is 5.94. The molecule has 23 heavy (non-hydrogen) atoms. The lowest BCUT2D eigenvalue weighted by Crippen LogP contribution is -2.45. The number of amides is 2. The number of hydrogen-bond donors (Lipinski definition) is 1. The van der Waals surface area contributed by atoms with Crippen LogP contribution in [0, 0.1) is 18.8 Å². The average Bonchev–Trinajstić information content (AvgIpc) is 3.19. The molecule has 0 aromatic carbocycles. The summed E-state index contributed by atoms with van der Waals surface area (Å²) in [7, 11) is 0. The zero-order chi connectivity index (χ0) is 16.4. The molecule has 2 amide bonds. The van der Waals surface area contributed by atoms with Gasteiger partial charge in [0.1, 0.15) is 11.4 Å². The third kappa shape index (κ3) is 1.96. The Kier molecular flexibility index (Phi) is 2.93. The number of nitrogens with one attached hydrogen (secondary N) is 1. The summed E-state index contributed by atoms with van der Waals surface area (Å²) >= 11 is 0. The molecule has 1 N–H and O–H groups in total. The van der Waals surface area contributed by atoms with Crippen molar-refractivity contribution in [1.82, 2.24) is 10.5 Å². The Hall–Kier alpha value is -2.15. The number of carbonyl (C=O) groups is 2. The van der Waals surface area contributed by atoms with E-state index >= 15 is 0 Å². The van der Waals surface area contributed by atoms with E-state index in [1.54, 1.807) is 17.9 Å². The van der Waals surface area contributed by atoms with Gasteiger partial charge in [-0.2, -0.15) is 0 Å². The van der Waals surface area contributed by atoms with Crippen LogP contribution in [0.4, 0.5) is 5.82 Å². The van der Waals surface area contributed by atoms with Crippen molar-refractivity contribution < 1.29 is 18.8 Å². The Balaban J connectivity index is 1.67. The maximum atomic E-state index is 12.9. The lowest BCUT2D eigenvalue weighted by Gasteiger charge is -2.24. The van der Waals surface area contributed by atoms with Crippen LogP contribution in [0.15, 0.2) is 22.7 Å². The Morgan fingerprint density at radius 2 is 2.30 bits per heavy atom. The van der Waals surface area contributed by atoms with Gasteiger partial charge in [-0.1, -0.05) is 17.3 Å². The topological polar surface area (TPSA) is 84.7 Å². The first-order valence-electron chi connectivity index (χ1n) is 7.83. The molecule has 4 rings (SSSR count). The summed E-state index contributed by atoms with van der Waals surface area (Å²) in [4.78, 5) is 27.0. The highest BCUT2D eigenvalue weighted by molar-refractivity contribution is 6.02. The molecule has 2 bridgehead atoms. The maximum absolute atomic E-state index is 12.9. The molecule has 2 fully saturated rings. The first-order valence-corrected chi connectivity index (χ1v) is 7.83. The molecule has 1 spiro atoms. The van der Waals surface area contributed by atoms with E-state index in [9.17, 15) is 9.59 Å². The summed E-state index contributed by atoms with van der Waals surface area (Å²) in [6.07, 6.45) is 3.49. The molecule has 3 aliphatic rings. The van der Waals surface area contributed by atoms with E-state index in [0.29, 0.717) is 18.1 Å². The summed E-state index contributed by atoms with van der Waals surface area (Å²) < 4.78 is 11.1. The molecule has 7 nitrogen and oxygen atoms in total. The van der Waals surface area contributed by atoms with Crippen molar-refractivity contribution in [2.24, 2.45) is 11.8 Å². The summed E-state index contributed by atoms with van der Waals surface area (Å²) in [5.74, 6) is -0.153. The van der Waals surface area contributed by atoms with Gasteiger partial charge in [-0.3, -0.25) is 14.5 Å². The van der Waals surface area contributed by atoms with E-state index in [0.717, 1.165) is 0 Å². The number of rotatable bonds is 3. The quantitative estimate of drug-likeness (QED) is 0.833. The van der Waals surface area contributed by atoms with Crippen LogP contribution in [0.1, 0.15) is 19.6 Å². The largest absolute Gasteiger partial charge is 0.360 e. The minimum atomic E-state index is -0.729. The van der Waals surface area contributed by atoms with Crippen molar-refractivity contribution in [2.75, 3.05) is 11.4 Å². The second kappa shape index (κ2) is 4.67. The summed E-state index contributed by atoms with van der Waals surface area (Å²) in [6, 6.07) is 1.74. The highest BCUT2D eigenvalue weighted by Crippen LogP contribution is 2.52. The standard InChI is InChI=1S/C16H19N3O4/c1-8(2)17-14(20)12-10-4-5-16(22-10)7-19(15(21)13(12)16)11-6-9(3)23-18-11/h4-6,8,10,12-13H,7H2,1-3H3,(H,17,20)/t10?,12?,13?,16-/m0/s1. The van der Waals surface area contributed by atoms with Crippen LogP contribution in [-0.4, -0.2) is 41.3 Å². The van der Waals surface area contributed by atoms with E-state index in [1.165, 1.54) is 0 Å². The number of hydrogen-bond acceptors (Lipinski definition) is 5. The molecule has 122 valence electrons. The molecule has 7 heteroatoms. The van der Waals surface area contributed by atoms with Crippen LogP contribution in [0.3, 0.4) is 0 Å². The molecule has 4 heterocycles. The van der Waals surface area contributed by atoms with Crippen molar-refractivity contribution in [3.05, 3.63) is 24.0 Å². The van der Waals surface area contributed by atoms with Gasteiger partial charge in [-0.25, -0.2) is 0 Å². The minimum absolute atomic E-state index is 0.0207. The first kappa shape index (κ1) is 14.4. The van der Waals surface area contributed by atoms with Crippen molar-refractivity contribution in [3.63, 3.8) is 0 Å². The fourth-order valence-electron chi connectivity index (χ4n) is 3.85. The molecule has 0 aliphatic carbocycles. The smallest absolute Gasteiger partial charge is 0.235 e. The van der Waals surface area contributed by atoms with Gasteiger partial charge in [0.25, 0.3) is 0 Å². The van der Waals surface area contributed by atoms with E-state index in [4.69, 9.17) is 9.26 Å². The summed E-state index contributed by atoms with van der Waals surface area (Å²) in [5.41, 5.74) is -0.729. The van der Waals surface area contributed by atoms with Crippen LogP contribution in [0.25, 0.3) is 0 Å². The molecule has 1 aromatic rings. The van der Waals surface area contributed by atoms with Gasteiger partial charge in [0.2, 0.25) is 11.8 Å². The molecule has 0 radical (unpaired) electrons. The number of aromatic nitrogens is 1. The van der Waals surface area contributed by atoms with Crippen molar-refractivity contribution in [1.29, 1.82) is 0 Å². The van der Waals surface area contributed by atoms with Crippen LogP contribution in [0.5, 0.6) is 0 Å². The van der Waals surface area contributed by atoms with Crippen LogP contribution in [0.2, 0.25) is 0 Å². The second-order valence-electron chi connectivity index (χ2n) is 6.78. The maximum Gasteiger partial charge on any atom is 0.235 e. The van der Waals surface area contributed by atoms with Crippen LogP contribution in [-0.2, 0) is 14.3 Å². The van der Waals surface area contributed by atoms with Gasteiger partial charge in [-0.15, -0.1) is 0 Å². The number of carbonyl (C=O) groups excluding carboxylic acids is 2. The third-order valence-electron chi connectivity index (χ3n) is 4.73. The number of ether oxygens (including phenoxy) is 1. The van der Waals surface area contributed by atoms with Crippen LogP contribution >= 0.6 is 0 Å². The van der Waals surface area contributed by atoms with E-state index < -0.39 is 17.4 Å². The number of aryl methyl sites for hydroxylation is 1. The van der Waals surface area contributed by atoms with Gasteiger partial charge in [-0.05, 0) is 20.8 Å². The fraction of sp³-hybridized carbons (Fsp3) is 0.562. The highest BCUT2D eigenvalue weighted by atomic mass is 16.5. The normalized spacial score (nSPS) is 34.5. The molecular formula is C16H19N3O4. The summed E-state index contributed by atoms with van der Waals surface area (Å²) in [5, 5.41) is 6.82. The minimum Gasteiger partial charge on any atom is -0.360 e. The van der Waals surface area contributed by atoms with E-state index in [1.807, 2.05) is 26.0 Å². The Bertz CT molecular complexity index is 710. The molecule has 0 saturated carbocycles. The SMILES string of the molecule is Cc1cc(N2C[C@]34C=CC(O3)C(C(=O)NC(C)C)C4C2=O)no1. The molecule has 3 unspecified atom stereocenters. The third-order valence-corrected chi connectivity index (χ3v) is 4.73. The first-order chi connectivity index (χ1) is 10.9. The Morgan fingerprint density at radius 1 is 1.52 bits per heavy atom. The molecule has 3 aliphatic heterocycles. The predicted molar refractivity (Wildman–Crippen MR) is 80.6 cm³/mol.